The summed E-state index contributed by atoms with van der Waals surface area (Å²) in [5, 5.41) is 3.51. The quantitative estimate of drug-likeness (QED) is 0.795. The van der Waals surface area contributed by atoms with Gasteiger partial charge in [0, 0.05) is 12.1 Å². The third-order valence-corrected chi connectivity index (χ3v) is 3.80. The van der Waals surface area contributed by atoms with E-state index in [0.717, 1.165) is 12.8 Å². The molecule has 0 atom stereocenters. The highest BCUT2D eigenvalue weighted by atomic mass is 35.5. The number of hydrogen-bond donors (Lipinski definition) is 1. The summed E-state index contributed by atoms with van der Waals surface area (Å²) in [5.74, 6) is 0.184. The molecule has 0 bridgehead atoms. The first-order valence-corrected chi connectivity index (χ1v) is 7.72. The lowest BCUT2D eigenvalue weighted by molar-refractivity contribution is 0.0953. The molecule has 0 aliphatic rings. The number of nitrogens with one attached hydrogen (secondary N) is 1. The molecule has 0 aliphatic carbocycles. The van der Waals surface area contributed by atoms with E-state index in [-0.39, 0.29) is 5.91 Å². The number of halogens is 2. The van der Waals surface area contributed by atoms with E-state index in [4.69, 9.17) is 27.9 Å². The minimum absolute atomic E-state index is 0.195. The van der Waals surface area contributed by atoms with Gasteiger partial charge in [-0.05, 0) is 30.5 Å². The number of carbonyl (C=O) groups excluding carboxylic acids is 1. The van der Waals surface area contributed by atoms with Crippen LogP contribution in [0.4, 0.5) is 0 Å². The SMILES string of the molecule is COc1c(Cl)cc(C(=O)NCCCc2ccccc2)cc1Cl. The fourth-order valence-corrected chi connectivity index (χ4v) is 2.77. The standard InChI is InChI=1S/C17H17Cl2NO2/c1-22-16-14(18)10-13(11-15(16)19)17(21)20-9-5-8-12-6-3-2-4-7-12/h2-4,6-7,10-11H,5,8-9H2,1H3,(H,20,21). The second-order valence-electron chi connectivity index (χ2n) is 4.82. The van der Waals surface area contributed by atoms with Crippen LogP contribution in [0.1, 0.15) is 22.3 Å². The molecule has 0 unspecified atom stereocenters. The fourth-order valence-electron chi connectivity index (χ4n) is 2.13. The van der Waals surface area contributed by atoms with Crippen LogP contribution in [0.2, 0.25) is 10.0 Å². The van der Waals surface area contributed by atoms with Gasteiger partial charge in [-0.1, -0.05) is 53.5 Å². The monoisotopic (exact) mass is 337 g/mol. The van der Waals surface area contributed by atoms with Gasteiger partial charge in [0.05, 0.1) is 17.2 Å². The van der Waals surface area contributed by atoms with E-state index in [1.807, 2.05) is 18.2 Å². The highest BCUT2D eigenvalue weighted by Crippen LogP contribution is 2.33. The number of aryl methyl sites for hydroxylation is 1. The minimum atomic E-state index is -0.195. The van der Waals surface area contributed by atoms with E-state index < -0.39 is 0 Å². The van der Waals surface area contributed by atoms with E-state index in [9.17, 15) is 4.79 Å². The summed E-state index contributed by atoms with van der Waals surface area (Å²) in [6, 6.07) is 13.3. The number of amides is 1. The van der Waals surface area contributed by atoms with Gasteiger partial charge in [-0.3, -0.25) is 4.79 Å². The Morgan fingerprint density at radius 2 is 1.77 bits per heavy atom. The maximum absolute atomic E-state index is 12.1. The molecule has 1 N–H and O–H groups in total. The molecular formula is C17H17Cl2NO2. The first-order chi connectivity index (χ1) is 10.6. The lowest BCUT2D eigenvalue weighted by Gasteiger charge is -2.09. The molecule has 0 aliphatic heterocycles. The number of carbonyl (C=O) groups is 1. The van der Waals surface area contributed by atoms with Crippen LogP contribution in [0, 0.1) is 0 Å². The predicted octanol–water partition coefficient (Wildman–Crippen LogP) is 4.36. The molecule has 0 saturated carbocycles. The molecule has 5 heteroatoms. The molecule has 2 aromatic rings. The van der Waals surface area contributed by atoms with Crippen molar-refractivity contribution in [1.29, 1.82) is 0 Å². The van der Waals surface area contributed by atoms with E-state index in [1.165, 1.54) is 12.7 Å². The van der Waals surface area contributed by atoms with Gasteiger partial charge < -0.3 is 10.1 Å². The Hall–Kier alpha value is -1.71. The van der Waals surface area contributed by atoms with Gasteiger partial charge in [-0.2, -0.15) is 0 Å². The Kier molecular flexibility index (Phi) is 6.10. The fraction of sp³-hybridized carbons (Fsp3) is 0.235. The summed E-state index contributed by atoms with van der Waals surface area (Å²) < 4.78 is 5.06. The van der Waals surface area contributed by atoms with Gasteiger partial charge in [0.2, 0.25) is 0 Å². The van der Waals surface area contributed by atoms with Crippen LogP contribution in [0.15, 0.2) is 42.5 Å². The molecule has 2 aromatic carbocycles. The summed E-state index contributed by atoms with van der Waals surface area (Å²) >= 11 is 12.1. The Balaban J connectivity index is 1.87. The second-order valence-corrected chi connectivity index (χ2v) is 5.63. The average Bonchev–Trinajstić information content (AvgIpc) is 2.52. The highest BCUT2D eigenvalue weighted by molar-refractivity contribution is 6.37. The van der Waals surface area contributed by atoms with E-state index in [1.54, 1.807) is 12.1 Å². The average molecular weight is 338 g/mol. The van der Waals surface area contributed by atoms with Crippen molar-refractivity contribution >= 4 is 29.1 Å². The van der Waals surface area contributed by atoms with Crippen molar-refractivity contribution in [2.75, 3.05) is 13.7 Å². The molecule has 22 heavy (non-hydrogen) atoms. The summed E-state index contributed by atoms with van der Waals surface area (Å²) in [7, 11) is 1.48. The lowest BCUT2D eigenvalue weighted by atomic mass is 10.1. The zero-order valence-electron chi connectivity index (χ0n) is 12.2. The largest absolute Gasteiger partial charge is 0.494 e. The first kappa shape index (κ1) is 16.7. The van der Waals surface area contributed by atoms with Gasteiger partial charge in [-0.15, -0.1) is 0 Å². The van der Waals surface area contributed by atoms with Gasteiger partial charge in [0.15, 0.2) is 5.75 Å². The van der Waals surface area contributed by atoms with Crippen molar-refractivity contribution in [1.82, 2.24) is 5.32 Å². The molecule has 0 saturated heterocycles. The number of ether oxygens (including phenoxy) is 1. The van der Waals surface area contributed by atoms with Gasteiger partial charge >= 0.3 is 0 Å². The summed E-state index contributed by atoms with van der Waals surface area (Å²) in [6.45, 7) is 0.592. The predicted molar refractivity (Wildman–Crippen MR) is 90.1 cm³/mol. The first-order valence-electron chi connectivity index (χ1n) is 6.97. The maximum atomic E-state index is 12.1. The van der Waals surface area contributed by atoms with Crippen molar-refractivity contribution in [2.45, 2.75) is 12.8 Å². The van der Waals surface area contributed by atoms with Gasteiger partial charge in [0.1, 0.15) is 0 Å². The van der Waals surface area contributed by atoms with Crippen LogP contribution in [0.25, 0.3) is 0 Å². The Bertz CT molecular complexity index is 621. The highest BCUT2D eigenvalue weighted by Gasteiger charge is 2.13. The van der Waals surface area contributed by atoms with Crippen molar-refractivity contribution < 1.29 is 9.53 Å². The molecule has 2 rings (SSSR count). The van der Waals surface area contributed by atoms with E-state index >= 15 is 0 Å². The van der Waals surface area contributed by atoms with Crippen LogP contribution in [0.5, 0.6) is 5.75 Å². The molecule has 0 spiro atoms. The lowest BCUT2D eigenvalue weighted by Crippen LogP contribution is -2.24. The number of benzene rings is 2. The maximum Gasteiger partial charge on any atom is 0.251 e. The van der Waals surface area contributed by atoms with Crippen LogP contribution in [-0.4, -0.2) is 19.6 Å². The zero-order valence-corrected chi connectivity index (χ0v) is 13.7. The van der Waals surface area contributed by atoms with Crippen molar-refractivity contribution in [3.05, 3.63) is 63.6 Å². The van der Waals surface area contributed by atoms with Crippen LogP contribution >= 0.6 is 23.2 Å². The van der Waals surface area contributed by atoms with Crippen LogP contribution in [-0.2, 0) is 6.42 Å². The summed E-state index contributed by atoms with van der Waals surface area (Å²) in [6.07, 6.45) is 1.79. The number of hydrogen-bond acceptors (Lipinski definition) is 2. The Morgan fingerprint density at radius 1 is 1.14 bits per heavy atom. The molecular weight excluding hydrogens is 321 g/mol. The summed E-state index contributed by atoms with van der Waals surface area (Å²) in [5.41, 5.74) is 1.68. The molecule has 0 fully saturated rings. The van der Waals surface area contributed by atoms with Gasteiger partial charge in [-0.25, -0.2) is 0 Å². The molecule has 1 amide bonds. The molecule has 3 nitrogen and oxygen atoms in total. The molecule has 116 valence electrons. The van der Waals surface area contributed by atoms with E-state index in [0.29, 0.717) is 27.9 Å². The zero-order chi connectivity index (χ0) is 15.9. The van der Waals surface area contributed by atoms with Crippen molar-refractivity contribution in [3.8, 4) is 5.75 Å². The summed E-state index contributed by atoms with van der Waals surface area (Å²) in [4.78, 5) is 12.1. The minimum Gasteiger partial charge on any atom is -0.494 e. The van der Waals surface area contributed by atoms with Crippen LogP contribution in [0.3, 0.4) is 0 Å². The molecule has 0 aromatic heterocycles. The molecule has 0 heterocycles. The van der Waals surface area contributed by atoms with E-state index in [2.05, 4.69) is 17.4 Å². The number of rotatable bonds is 6. The Labute approximate surface area is 140 Å². The smallest absolute Gasteiger partial charge is 0.251 e. The second kappa shape index (κ2) is 8.06. The number of methoxy groups -OCH3 is 1. The van der Waals surface area contributed by atoms with Crippen molar-refractivity contribution in [3.63, 3.8) is 0 Å². The topological polar surface area (TPSA) is 38.3 Å². The third-order valence-electron chi connectivity index (χ3n) is 3.24. The molecule has 0 radical (unpaired) electrons. The van der Waals surface area contributed by atoms with Crippen LogP contribution < -0.4 is 10.1 Å². The normalized spacial score (nSPS) is 10.3. The Morgan fingerprint density at radius 3 is 2.36 bits per heavy atom. The van der Waals surface area contributed by atoms with Gasteiger partial charge in [0.25, 0.3) is 5.91 Å². The third kappa shape index (κ3) is 4.39. The van der Waals surface area contributed by atoms with Crippen molar-refractivity contribution in [2.24, 2.45) is 0 Å².